The molecule has 0 unspecified atom stereocenters. The third-order valence-electron chi connectivity index (χ3n) is 4.41. The van der Waals surface area contributed by atoms with Gasteiger partial charge in [0, 0.05) is 11.3 Å². The van der Waals surface area contributed by atoms with Crippen LogP contribution in [0.15, 0.2) is 35.4 Å². The zero-order valence-corrected chi connectivity index (χ0v) is 14.6. The number of hydrogen-bond donors (Lipinski definition) is 0. The maximum absolute atomic E-state index is 12.8. The first-order valence-electron chi connectivity index (χ1n) is 8.41. The van der Waals surface area contributed by atoms with Crippen LogP contribution in [0.1, 0.15) is 25.3 Å². The number of ether oxygens (including phenoxy) is 1. The molecule has 1 aliphatic rings. The van der Waals surface area contributed by atoms with E-state index in [-0.39, 0.29) is 19.4 Å². The summed E-state index contributed by atoms with van der Waals surface area (Å²) in [7, 11) is 0. The summed E-state index contributed by atoms with van der Waals surface area (Å²) in [4.78, 5) is 28.2. The van der Waals surface area contributed by atoms with Gasteiger partial charge >= 0.3 is 12.3 Å². The summed E-state index contributed by atoms with van der Waals surface area (Å²) in [6.45, 7) is 1.39. The number of imide groups is 1. The van der Waals surface area contributed by atoms with Crippen LogP contribution in [0.25, 0.3) is 10.4 Å². The van der Waals surface area contributed by atoms with Gasteiger partial charge in [0.25, 0.3) is 0 Å². The summed E-state index contributed by atoms with van der Waals surface area (Å²) in [5.74, 6) is -2.23. The standard InChI is InChI=1S/C17H19F3N4O3/c1-2-12(9-17(18,19)20)14(22-23-21)15(25)24-13(10-27-16(24)26)8-11-6-4-3-5-7-11/h3-7,12-14H,2,8-10H2,1H3/t12-,13+,14+/m1/s1. The molecule has 7 nitrogen and oxygen atoms in total. The van der Waals surface area contributed by atoms with Crippen molar-refractivity contribution in [2.75, 3.05) is 6.61 Å². The highest BCUT2D eigenvalue weighted by atomic mass is 19.4. The van der Waals surface area contributed by atoms with Gasteiger partial charge in [-0.05, 0) is 23.4 Å². The summed E-state index contributed by atoms with van der Waals surface area (Å²) in [6.07, 6.45) is -6.51. The predicted octanol–water partition coefficient (Wildman–Crippen LogP) is 4.23. The number of cyclic esters (lactones) is 1. The van der Waals surface area contributed by atoms with Gasteiger partial charge in [-0.3, -0.25) is 4.79 Å². The normalized spacial score (nSPS) is 19.2. The minimum atomic E-state index is -4.53. The van der Waals surface area contributed by atoms with Gasteiger partial charge in [-0.15, -0.1) is 0 Å². The van der Waals surface area contributed by atoms with Crippen LogP contribution in [-0.2, 0) is 16.0 Å². The molecule has 27 heavy (non-hydrogen) atoms. The molecule has 3 atom stereocenters. The van der Waals surface area contributed by atoms with Crippen molar-refractivity contribution < 1.29 is 27.5 Å². The largest absolute Gasteiger partial charge is 0.447 e. The zero-order chi connectivity index (χ0) is 20.0. The Labute approximate surface area is 153 Å². The van der Waals surface area contributed by atoms with Gasteiger partial charge in [-0.1, -0.05) is 48.8 Å². The van der Waals surface area contributed by atoms with E-state index in [0.29, 0.717) is 0 Å². The van der Waals surface area contributed by atoms with Crippen LogP contribution in [0.3, 0.4) is 0 Å². The monoisotopic (exact) mass is 384 g/mol. The van der Waals surface area contributed by atoms with Gasteiger partial charge in [0.2, 0.25) is 5.91 Å². The number of alkyl halides is 3. The maximum Gasteiger partial charge on any atom is 0.416 e. The smallest absolute Gasteiger partial charge is 0.416 e. The minimum Gasteiger partial charge on any atom is -0.447 e. The zero-order valence-electron chi connectivity index (χ0n) is 14.6. The maximum atomic E-state index is 12.8. The van der Waals surface area contributed by atoms with Gasteiger partial charge in [0.05, 0.1) is 6.04 Å². The first-order chi connectivity index (χ1) is 12.8. The van der Waals surface area contributed by atoms with Crippen LogP contribution in [0.4, 0.5) is 18.0 Å². The van der Waals surface area contributed by atoms with Gasteiger partial charge < -0.3 is 4.74 Å². The molecular weight excluding hydrogens is 365 g/mol. The fraction of sp³-hybridized carbons (Fsp3) is 0.529. The summed E-state index contributed by atoms with van der Waals surface area (Å²) >= 11 is 0. The fourth-order valence-electron chi connectivity index (χ4n) is 3.09. The second-order valence-corrected chi connectivity index (χ2v) is 6.27. The van der Waals surface area contributed by atoms with Gasteiger partial charge in [-0.2, -0.15) is 13.2 Å². The lowest BCUT2D eigenvalue weighted by Crippen LogP contribution is -2.47. The third kappa shape index (κ3) is 5.37. The predicted molar refractivity (Wildman–Crippen MR) is 89.5 cm³/mol. The molecule has 0 radical (unpaired) electrons. The Balaban J connectivity index is 2.25. The molecule has 0 N–H and O–H groups in total. The molecule has 0 saturated carbocycles. The highest BCUT2D eigenvalue weighted by molar-refractivity contribution is 5.96. The molecule has 1 saturated heterocycles. The average molecular weight is 384 g/mol. The highest BCUT2D eigenvalue weighted by Crippen LogP contribution is 2.31. The topological polar surface area (TPSA) is 95.4 Å². The van der Waals surface area contributed by atoms with Crippen LogP contribution in [0.2, 0.25) is 0 Å². The number of amides is 2. The number of nitrogens with zero attached hydrogens (tertiary/aromatic N) is 4. The van der Waals surface area contributed by atoms with E-state index in [9.17, 15) is 22.8 Å². The first kappa shape index (κ1) is 20.6. The molecule has 146 valence electrons. The number of carbonyl (C=O) groups is 2. The van der Waals surface area contributed by atoms with Crippen molar-refractivity contribution in [1.29, 1.82) is 0 Å². The second-order valence-electron chi connectivity index (χ2n) is 6.27. The van der Waals surface area contributed by atoms with E-state index in [4.69, 9.17) is 10.3 Å². The second kappa shape index (κ2) is 8.77. The van der Waals surface area contributed by atoms with Gasteiger partial charge in [0.1, 0.15) is 12.6 Å². The van der Waals surface area contributed by atoms with Crippen LogP contribution in [-0.4, -0.2) is 41.8 Å². The Kier molecular flexibility index (Phi) is 6.68. The molecule has 10 heteroatoms. The minimum absolute atomic E-state index is 0.0405. The molecule has 0 spiro atoms. The van der Waals surface area contributed by atoms with Crippen LogP contribution >= 0.6 is 0 Å². The van der Waals surface area contributed by atoms with E-state index >= 15 is 0 Å². The summed E-state index contributed by atoms with van der Waals surface area (Å²) < 4.78 is 43.4. The van der Waals surface area contributed by atoms with Crippen LogP contribution < -0.4 is 0 Å². The molecule has 0 aliphatic carbocycles. The van der Waals surface area contributed by atoms with Crippen molar-refractivity contribution >= 4 is 12.0 Å². The Morgan fingerprint density at radius 1 is 1.41 bits per heavy atom. The SMILES string of the molecule is CC[C@H](CC(F)(F)F)[C@H](N=[N+]=[N-])C(=O)N1C(=O)OC[C@@H]1Cc1ccccc1. The molecule has 1 fully saturated rings. The third-order valence-corrected chi connectivity index (χ3v) is 4.41. The lowest BCUT2D eigenvalue weighted by Gasteiger charge is -2.27. The first-order valence-corrected chi connectivity index (χ1v) is 8.41. The van der Waals surface area contributed by atoms with E-state index < -0.39 is 42.6 Å². The average Bonchev–Trinajstić information content (AvgIpc) is 2.97. The van der Waals surface area contributed by atoms with Crippen molar-refractivity contribution in [2.24, 2.45) is 11.0 Å². The molecule has 0 bridgehead atoms. The molecule has 1 aromatic rings. The van der Waals surface area contributed by atoms with Crippen molar-refractivity contribution in [3.8, 4) is 0 Å². The number of hydrogen-bond acceptors (Lipinski definition) is 4. The molecule has 1 aliphatic heterocycles. The molecule has 1 aromatic carbocycles. The summed E-state index contributed by atoms with van der Waals surface area (Å²) in [5.41, 5.74) is 9.56. The summed E-state index contributed by atoms with van der Waals surface area (Å²) in [6, 6.07) is 6.68. The van der Waals surface area contributed by atoms with Crippen molar-refractivity contribution in [2.45, 2.75) is 44.4 Å². The Morgan fingerprint density at radius 2 is 2.07 bits per heavy atom. The van der Waals surface area contributed by atoms with Gasteiger partial charge in [0.15, 0.2) is 0 Å². The molecule has 2 amide bonds. The molecule has 1 heterocycles. The number of azide groups is 1. The van der Waals surface area contributed by atoms with Crippen molar-refractivity contribution in [1.82, 2.24) is 4.90 Å². The van der Waals surface area contributed by atoms with Crippen molar-refractivity contribution in [3.05, 3.63) is 46.3 Å². The number of carbonyl (C=O) groups excluding carboxylic acids is 2. The molecule has 0 aromatic heterocycles. The Morgan fingerprint density at radius 3 is 2.63 bits per heavy atom. The summed E-state index contributed by atoms with van der Waals surface area (Å²) in [5, 5.41) is 3.28. The van der Waals surface area contributed by atoms with E-state index in [1.807, 2.05) is 6.07 Å². The number of halogens is 3. The lowest BCUT2D eigenvalue weighted by molar-refractivity contribution is -0.150. The number of benzene rings is 1. The van der Waals surface area contributed by atoms with Gasteiger partial charge in [-0.25, -0.2) is 9.69 Å². The van der Waals surface area contributed by atoms with Crippen molar-refractivity contribution in [3.63, 3.8) is 0 Å². The fourth-order valence-corrected chi connectivity index (χ4v) is 3.09. The molecular formula is C17H19F3N4O3. The van der Waals surface area contributed by atoms with E-state index in [2.05, 4.69) is 10.0 Å². The molecule has 2 rings (SSSR count). The van der Waals surface area contributed by atoms with E-state index in [0.717, 1.165) is 10.5 Å². The van der Waals surface area contributed by atoms with E-state index in [1.54, 1.807) is 24.3 Å². The Hall–Kier alpha value is -2.74. The van der Waals surface area contributed by atoms with Crippen LogP contribution in [0, 0.1) is 5.92 Å². The quantitative estimate of drug-likeness (QED) is 0.400. The van der Waals surface area contributed by atoms with Crippen LogP contribution in [0.5, 0.6) is 0 Å². The Bertz CT molecular complexity index is 720. The number of rotatable bonds is 7. The van der Waals surface area contributed by atoms with E-state index in [1.165, 1.54) is 6.92 Å². The highest BCUT2D eigenvalue weighted by Gasteiger charge is 2.44. The lowest BCUT2D eigenvalue weighted by atomic mass is 9.92.